The van der Waals surface area contributed by atoms with Gasteiger partial charge in [0, 0.05) is 34.9 Å². The van der Waals surface area contributed by atoms with Gasteiger partial charge in [0.25, 0.3) is 0 Å². The number of carbonyl (C=O) groups excluding carboxylic acids is 2. The van der Waals surface area contributed by atoms with E-state index in [4.69, 9.17) is 19.5 Å². The molecule has 14 heteroatoms. The summed E-state index contributed by atoms with van der Waals surface area (Å²) in [6.07, 6.45) is -1.92. The molecule has 0 aliphatic rings. The molecule has 0 unspecified atom stereocenters. The first-order valence-electron chi connectivity index (χ1n) is 23.3. The van der Waals surface area contributed by atoms with Crippen molar-refractivity contribution >= 4 is 58.0 Å². The lowest BCUT2D eigenvalue weighted by Gasteiger charge is -2.21. The second-order valence-corrected chi connectivity index (χ2v) is 28.4. The first kappa shape index (κ1) is 61.1. The monoisotopic (exact) mass is 1060 g/mol. The summed E-state index contributed by atoms with van der Waals surface area (Å²) in [4.78, 5) is 23.6. The molecule has 0 saturated carbocycles. The van der Waals surface area contributed by atoms with Crippen molar-refractivity contribution < 1.29 is 48.1 Å². The van der Waals surface area contributed by atoms with Crippen molar-refractivity contribution in [3.8, 4) is 11.1 Å². The zero-order valence-electron chi connectivity index (χ0n) is 42.3. The van der Waals surface area contributed by atoms with Gasteiger partial charge in [-0.15, -0.1) is 0 Å². The van der Waals surface area contributed by atoms with Crippen LogP contribution in [0.2, 0.25) is 36.3 Å². The van der Waals surface area contributed by atoms with Crippen LogP contribution in [-0.2, 0) is 45.1 Å². The number of esters is 2. The maximum absolute atomic E-state index is 13.0. The van der Waals surface area contributed by atoms with Crippen molar-refractivity contribution in [2.24, 2.45) is 0 Å². The Balaban J connectivity index is 0.000000335. The van der Waals surface area contributed by atoms with Crippen molar-refractivity contribution in [3.63, 3.8) is 0 Å². The Morgan fingerprint density at radius 3 is 1.13 bits per heavy atom. The van der Waals surface area contributed by atoms with Gasteiger partial charge in [-0.05, 0) is 85.3 Å². The maximum atomic E-state index is 13.0. The number of benzene rings is 6. The van der Waals surface area contributed by atoms with Crippen LogP contribution in [0.4, 0.5) is 8.78 Å². The highest BCUT2D eigenvalue weighted by molar-refractivity contribution is 9.10. The number of halogens is 3. The van der Waals surface area contributed by atoms with E-state index in [-0.39, 0.29) is 55.3 Å². The van der Waals surface area contributed by atoms with Crippen LogP contribution >= 0.6 is 15.9 Å². The normalized spacial score (nSPS) is 11.7. The van der Waals surface area contributed by atoms with Gasteiger partial charge in [-0.25, -0.2) is 18.4 Å². The fourth-order valence-electron chi connectivity index (χ4n) is 4.99. The molecule has 6 aromatic carbocycles. The quantitative estimate of drug-likeness (QED) is 0.0703. The summed E-state index contributed by atoms with van der Waals surface area (Å²) in [5, 5.41) is 38.3. The smallest absolute Gasteiger partial charge is 0.459 e. The second kappa shape index (κ2) is 31.3. The molecule has 0 aliphatic carbocycles. The Kier molecular flexibility index (Phi) is 27.3. The van der Waals surface area contributed by atoms with Crippen LogP contribution in [0.15, 0.2) is 162 Å². The number of hydrogen-bond acceptors (Lipinski definition) is 8. The summed E-state index contributed by atoms with van der Waals surface area (Å²) in [5.74, 6) is -1.90. The Bertz CT molecular complexity index is 2340. The first-order chi connectivity index (χ1) is 32.8. The fourth-order valence-corrected chi connectivity index (χ4v) is 5.26. The molecule has 2 atom stereocenters. The topological polar surface area (TPSA) is 134 Å². The average molecular weight is 1060 g/mol. The van der Waals surface area contributed by atoms with E-state index in [2.05, 4.69) is 83.7 Å². The molecule has 0 radical (unpaired) electrons. The third-order valence-corrected chi connectivity index (χ3v) is 19.0. The summed E-state index contributed by atoms with van der Waals surface area (Å²) in [7, 11) is -2.23. The molecule has 0 spiro atoms. The van der Waals surface area contributed by atoms with Crippen molar-refractivity contribution in [2.45, 2.75) is 116 Å². The van der Waals surface area contributed by atoms with E-state index >= 15 is 0 Å². The molecule has 70 heavy (non-hydrogen) atoms. The molecular formula is C56H72BBrF2O8Si2. The largest absolute Gasteiger partial charge is 0.488 e. The van der Waals surface area contributed by atoms with Crippen molar-refractivity contribution in [3.05, 3.63) is 196 Å². The number of aliphatic hydroxyl groups excluding tert-OH is 2. The fraction of sp³-hybridized carbons (Fsp3) is 0.321. The van der Waals surface area contributed by atoms with E-state index in [1.54, 1.807) is 12.1 Å². The molecule has 0 heterocycles. The molecule has 0 aromatic heterocycles. The van der Waals surface area contributed by atoms with Crippen LogP contribution < -0.4 is 5.46 Å². The van der Waals surface area contributed by atoms with Crippen LogP contribution in [0, 0.1) is 11.6 Å². The van der Waals surface area contributed by atoms with Crippen molar-refractivity contribution in [1.82, 2.24) is 0 Å². The van der Waals surface area contributed by atoms with Gasteiger partial charge in [-0.2, -0.15) is 0 Å². The van der Waals surface area contributed by atoms with Crippen molar-refractivity contribution in [2.75, 3.05) is 0 Å². The van der Waals surface area contributed by atoms with E-state index in [9.17, 15) is 28.6 Å². The molecular weight excluding hydrogens is 985 g/mol. The Morgan fingerprint density at radius 2 is 0.814 bits per heavy atom. The Labute approximate surface area is 427 Å². The molecule has 0 amide bonds. The van der Waals surface area contributed by atoms with Gasteiger partial charge in [-0.1, -0.05) is 205 Å². The van der Waals surface area contributed by atoms with Crippen LogP contribution in [0.5, 0.6) is 0 Å². The van der Waals surface area contributed by atoms with E-state index in [1.807, 2.05) is 109 Å². The molecule has 6 aromatic rings. The zero-order valence-corrected chi connectivity index (χ0v) is 46.2. The van der Waals surface area contributed by atoms with Crippen LogP contribution in [-0.4, -0.2) is 69.1 Å². The minimum Gasteiger partial charge on any atom is -0.459 e. The molecule has 0 saturated heterocycles. The molecule has 376 valence electrons. The van der Waals surface area contributed by atoms with Gasteiger partial charge >= 0.3 is 19.1 Å². The molecule has 8 nitrogen and oxygen atoms in total. The predicted octanol–water partition coefficient (Wildman–Crippen LogP) is 11.3. The summed E-state index contributed by atoms with van der Waals surface area (Å²) in [6, 6.07) is 44.8. The average Bonchev–Trinajstić information content (AvgIpc) is 3.32. The zero-order chi connectivity index (χ0) is 52.4. The van der Waals surface area contributed by atoms with E-state index in [0.717, 1.165) is 37.9 Å². The summed E-state index contributed by atoms with van der Waals surface area (Å²) in [5.41, 5.74) is 5.61. The lowest BCUT2D eigenvalue weighted by Crippen LogP contribution is -2.29. The second-order valence-electron chi connectivity index (χ2n) is 19.4. The third kappa shape index (κ3) is 25.7. The summed E-state index contributed by atoms with van der Waals surface area (Å²) in [6.45, 7) is 23.8. The number of ether oxygens (including phenoxy) is 2. The Hall–Kier alpha value is -5.06. The number of aliphatic hydroxyl groups is 2. The van der Waals surface area contributed by atoms with E-state index < -0.39 is 31.3 Å². The highest BCUT2D eigenvalue weighted by Gasteiger charge is 2.19. The Morgan fingerprint density at radius 1 is 0.514 bits per heavy atom. The van der Waals surface area contributed by atoms with E-state index in [0.29, 0.717) is 15.5 Å². The first-order valence-corrected chi connectivity index (χ1v) is 29.9. The molecule has 0 bridgehead atoms. The lowest BCUT2D eigenvalue weighted by molar-refractivity contribution is -0.155. The highest BCUT2D eigenvalue weighted by Crippen LogP contribution is 2.26. The SMILES string of the molecule is C[SiH](C)C(C)(C)C.C[SiH](C)C(C)(C)C.O=C(OCc1ccccc1)[C@H](O)Cc1ccc(-c2ccc(F)cc2)cc1.O=C(OCc1ccccc1)[C@H](O)Cc1ccc(Br)cc1.OB(O)c1ccc(F)cc1. The molecule has 4 N–H and O–H groups in total. The minimum atomic E-state index is -1.51. The molecule has 0 fully saturated rings. The van der Waals surface area contributed by atoms with Gasteiger partial charge in [0.05, 0.1) is 0 Å². The van der Waals surface area contributed by atoms with Crippen LogP contribution in [0.25, 0.3) is 11.1 Å². The predicted molar refractivity (Wildman–Crippen MR) is 291 cm³/mol. The number of hydrogen-bond donors (Lipinski definition) is 4. The van der Waals surface area contributed by atoms with E-state index in [1.165, 1.54) is 36.4 Å². The number of carbonyl (C=O) groups is 2. The van der Waals surface area contributed by atoms with Crippen molar-refractivity contribution in [1.29, 1.82) is 0 Å². The minimum absolute atomic E-state index is 0.139. The van der Waals surface area contributed by atoms with Crippen LogP contribution in [0.3, 0.4) is 0 Å². The van der Waals surface area contributed by atoms with Gasteiger partial charge in [0.2, 0.25) is 0 Å². The highest BCUT2D eigenvalue weighted by atomic mass is 79.9. The molecule has 0 aliphatic heterocycles. The lowest BCUT2D eigenvalue weighted by atomic mass is 9.80. The van der Waals surface area contributed by atoms with Gasteiger partial charge in [0.1, 0.15) is 24.8 Å². The molecule has 6 rings (SSSR count). The number of rotatable bonds is 12. The standard InChI is InChI=1S/C22H19FO3.C16H15BrO3.C6H6BFO2.2C6H16Si/c23-20-12-10-19(11-13-20)18-8-6-16(7-9-18)14-21(24)22(25)26-15-17-4-2-1-3-5-17;17-14-8-6-12(7-9-14)10-15(18)16(19)20-11-13-4-2-1-3-5-13;8-6-3-1-5(2-4-6)7(9)10;2*1-6(2,3)7(4)5/h1-13,21,24H,14-15H2;1-9,15,18H,10-11H2;1-4,9-10H;2*7H,1-5H3/t21-;15-;;;/m11.../s1. The van der Waals surface area contributed by atoms with Crippen LogP contribution in [0.1, 0.15) is 63.8 Å². The van der Waals surface area contributed by atoms with Gasteiger partial charge in [0.15, 0.2) is 12.2 Å². The summed E-state index contributed by atoms with van der Waals surface area (Å²) >= 11 is 3.34. The van der Waals surface area contributed by atoms with Gasteiger partial charge < -0.3 is 29.7 Å². The summed E-state index contributed by atoms with van der Waals surface area (Å²) < 4.78 is 36.4. The maximum Gasteiger partial charge on any atom is 0.488 e. The van der Waals surface area contributed by atoms with Gasteiger partial charge in [-0.3, -0.25) is 0 Å². The third-order valence-electron chi connectivity index (χ3n) is 11.5.